The van der Waals surface area contributed by atoms with Gasteiger partial charge in [-0.05, 0) is 49.2 Å². The molecule has 2 saturated heterocycles. The average molecular weight is 484 g/mol. The number of hydrogen-bond donors (Lipinski definition) is 1. The van der Waals surface area contributed by atoms with Crippen LogP contribution in [0, 0.1) is 0 Å². The molecule has 0 saturated carbocycles. The van der Waals surface area contributed by atoms with E-state index in [-0.39, 0.29) is 10.8 Å². The Hall–Kier alpha value is -2.95. The number of ether oxygens (including phenoxy) is 1. The first-order valence-corrected chi connectivity index (χ1v) is 13.0. The third-order valence-corrected chi connectivity index (χ3v) is 8.49. The number of H-pyrrole nitrogens is 1. The van der Waals surface area contributed by atoms with Crippen molar-refractivity contribution in [2.24, 2.45) is 0 Å². The van der Waals surface area contributed by atoms with Gasteiger partial charge in [-0.2, -0.15) is 4.31 Å². The van der Waals surface area contributed by atoms with Gasteiger partial charge in [0.05, 0.1) is 29.6 Å². The average Bonchev–Trinajstić information content (AvgIpc) is 3.54. The molecule has 0 spiro atoms. The first-order chi connectivity index (χ1) is 16.4. The Kier molecular flexibility index (Phi) is 6.28. The topological polar surface area (TPSA) is 98.8 Å². The first-order valence-electron chi connectivity index (χ1n) is 11.6. The van der Waals surface area contributed by atoms with E-state index in [1.807, 2.05) is 23.1 Å². The quantitative estimate of drug-likeness (QED) is 0.578. The van der Waals surface area contributed by atoms with Crippen LogP contribution in [0.2, 0.25) is 0 Å². The van der Waals surface area contributed by atoms with Crippen LogP contribution in [0.1, 0.15) is 29.0 Å². The standard InChI is InChI=1S/C24H29N5O4S/c1-33-19-6-9-21-22(16-19)26-23(25-21)17-27-12-14-28(15-13-27)24(30)18-4-7-20(8-5-18)34(31,32)29-10-2-3-11-29/h4-9,16H,2-3,10-15,17H2,1H3,(H,25,26). The number of imidazole rings is 1. The predicted octanol–water partition coefficient (Wildman–Crippen LogP) is 2.31. The number of aromatic nitrogens is 2. The van der Waals surface area contributed by atoms with Gasteiger partial charge in [-0.3, -0.25) is 9.69 Å². The van der Waals surface area contributed by atoms with Gasteiger partial charge < -0.3 is 14.6 Å². The molecular weight excluding hydrogens is 454 g/mol. The number of hydrogen-bond acceptors (Lipinski definition) is 6. The SMILES string of the molecule is COc1ccc2nc(CN3CCN(C(=O)c4ccc(S(=O)(=O)N5CCCC5)cc4)CC3)[nH]c2c1. The molecule has 1 aromatic heterocycles. The number of carbonyl (C=O) groups excluding carboxylic acids is 1. The summed E-state index contributed by atoms with van der Waals surface area (Å²) in [6, 6.07) is 12.1. The van der Waals surface area contributed by atoms with Gasteiger partial charge in [-0.15, -0.1) is 0 Å². The summed E-state index contributed by atoms with van der Waals surface area (Å²) >= 11 is 0. The van der Waals surface area contributed by atoms with Crippen molar-refractivity contribution in [3.63, 3.8) is 0 Å². The smallest absolute Gasteiger partial charge is 0.253 e. The molecule has 5 rings (SSSR count). The molecule has 34 heavy (non-hydrogen) atoms. The van der Waals surface area contributed by atoms with E-state index in [1.54, 1.807) is 31.4 Å². The van der Waals surface area contributed by atoms with Gasteiger partial charge in [0.15, 0.2) is 0 Å². The summed E-state index contributed by atoms with van der Waals surface area (Å²) in [7, 11) is -1.83. The third kappa shape index (κ3) is 4.53. The monoisotopic (exact) mass is 483 g/mol. The van der Waals surface area contributed by atoms with Crippen molar-refractivity contribution in [2.75, 3.05) is 46.4 Å². The Labute approximate surface area is 199 Å². The lowest BCUT2D eigenvalue weighted by molar-refractivity contribution is 0.0626. The Bertz CT molecular complexity index is 1270. The second-order valence-corrected chi connectivity index (χ2v) is 10.7. The van der Waals surface area contributed by atoms with Crippen molar-refractivity contribution >= 4 is 27.0 Å². The number of methoxy groups -OCH3 is 1. The molecule has 9 nitrogen and oxygen atoms in total. The minimum atomic E-state index is -3.47. The van der Waals surface area contributed by atoms with Gasteiger partial charge >= 0.3 is 0 Å². The fourth-order valence-corrected chi connectivity index (χ4v) is 6.11. The van der Waals surface area contributed by atoms with E-state index in [2.05, 4.69) is 14.9 Å². The zero-order valence-electron chi connectivity index (χ0n) is 19.2. The largest absolute Gasteiger partial charge is 0.497 e. The van der Waals surface area contributed by atoms with Crippen LogP contribution in [0.25, 0.3) is 11.0 Å². The van der Waals surface area contributed by atoms with E-state index >= 15 is 0 Å². The van der Waals surface area contributed by atoms with E-state index < -0.39 is 10.0 Å². The minimum absolute atomic E-state index is 0.0689. The number of nitrogens with one attached hydrogen (secondary N) is 1. The van der Waals surface area contributed by atoms with Crippen molar-refractivity contribution in [3.05, 3.63) is 53.9 Å². The third-order valence-electron chi connectivity index (χ3n) is 6.58. The molecular formula is C24H29N5O4S. The van der Waals surface area contributed by atoms with E-state index in [4.69, 9.17) is 4.74 Å². The summed E-state index contributed by atoms with van der Waals surface area (Å²) in [6.45, 7) is 4.52. The molecule has 0 bridgehead atoms. The summed E-state index contributed by atoms with van der Waals surface area (Å²) in [6.07, 6.45) is 1.79. The zero-order valence-corrected chi connectivity index (χ0v) is 20.1. The second kappa shape index (κ2) is 9.36. The summed E-state index contributed by atoms with van der Waals surface area (Å²) in [4.78, 5) is 25.3. The van der Waals surface area contributed by atoms with Gasteiger partial charge in [0.2, 0.25) is 10.0 Å². The lowest BCUT2D eigenvalue weighted by Gasteiger charge is -2.34. The number of sulfonamides is 1. The van der Waals surface area contributed by atoms with Crippen molar-refractivity contribution in [3.8, 4) is 5.75 Å². The molecule has 0 aliphatic carbocycles. The summed E-state index contributed by atoms with van der Waals surface area (Å²) in [5.41, 5.74) is 2.36. The number of fused-ring (bicyclic) bond motifs is 1. The van der Waals surface area contributed by atoms with Crippen LogP contribution in [0.3, 0.4) is 0 Å². The molecule has 10 heteroatoms. The fraction of sp³-hybridized carbons (Fsp3) is 0.417. The van der Waals surface area contributed by atoms with Crippen molar-refractivity contribution in [2.45, 2.75) is 24.3 Å². The van der Waals surface area contributed by atoms with Crippen LogP contribution in [-0.2, 0) is 16.6 Å². The molecule has 2 aromatic carbocycles. The number of carbonyl (C=O) groups is 1. The maximum absolute atomic E-state index is 13.0. The molecule has 0 atom stereocenters. The Balaban J connectivity index is 1.18. The molecule has 2 fully saturated rings. The van der Waals surface area contributed by atoms with E-state index in [1.165, 1.54) is 4.31 Å². The maximum Gasteiger partial charge on any atom is 0.253 e. The lowest BCUT2D eigenvalue weighted by Crippen LogP contribution is -2.48. The lowest BCUT2D eigenvalue weighted by atomic mass is 10.2. The number of rotatable bonds is 6. The number of amides is 1. The second-order valence-electron chi connectivity index (χ2n) is 8.77. The molecule has 0 radical (unpaired) electrons. The van der Waals surface area contributed by atoms with Crippen molar-refractivity contribution in [1.29, 1.82) is 0 Å². The molecule has 3 aromatic rings. The normalized spacial score (nSPS) is 18.0. The van der Waals surface area contributed by atoms with E-state index in [0.717, 1.165) is 48.5 Å². The van der Waals surface area contributed by atoms with Crippen LogP contribution in [-0.4, -0.2) is 84.8 Å². The van der Waals surface area contributed by atoms with Gasteiger partial charge in [-0.25, -0.2) is 13.4 Å². The Morgan fingerprint density at radius 1 is 1.00 bits per heavy atom. The zero-order chi connectivity index (χ0) is 23.7. The number of benzene rings is 2. The molecule has 0 unspecified atom stereocenters. The van der Waals surface area contributed by atoms with Gasteiger partial charge in [0, 0.05) is 50.9 Å². The Morgan fingerprint density at radius 3 is 2.38 bits per heavy atom. The molecule has 2 aliphatic heterocycles. The van der Waals surface area contributed by atoms with Crippen LogP contribution in [0.4, 0.5) is 0 Å². The number of aromatic amines is 1. The fourth-order valence-electron chi connectivity index (χ4n) is 4.59. The van der Waals surface area contributed by atoms with Gasteiger partial charge in [0.1, 0.15) is 11.6 Å². The summed E-state index contributed by atoms with van der Waals surface area (Å²) in [5, 5.41) is 0. The number of nitrogens with zero attached hydrogens (tertiary/aromatic N) is 4. The predicted molar refractivity (Wildman–Crippen MR) is 128 cm³/mol. The van der Waals surface area contributed by atoms with E-state index in [0.29, 0.717) is 38.3 Å². The highest BCUT2D eigenvalue weighted by molar-refractivity contribution is 7.89. The van der Waals surface area contributed by atoms with Gasteiger partial charge in [-0.1, -0.05) is 0 Å². The minimum Gasteiger partial charge on any atom is -0.497 e. The molecule has 3 heterocycles. The van der Waals surface area contributed by atoms with Crippen LogP contribution < -0.4 is 4.74 Å². The molecule has 180 valence electrons. The van der Waals surface area contributed by atoms with Gasteiger partial charge in [0.25, 0.3) is 5.91 Å². The molecule has 1 amide bonds. The highest BCUT2D eigenvalue weighted by Gasteiger charge is 2.28. The van der Waals surface area contributed by atoms with Crippen molar-refractivity contribution < 1.29 is 17.9 Å². The summed E-state index contributed by atoms with van der Waals surface area (Å²) in [5.74, 6) is 1.61. The maximum atomic E-state index is 13.0. The van der Waals surface area contributed by atoms with E-state index in [9.17, 15) is 13.2 Å². The highest BCUT2D eigenvalue weighted by atomic mass is 32.2. The van der Waals surface area contributed by atoms with Crippen LogP contribution >= 0.6 is 0 Å². The highest BCUT2D eigenvalue weighted by Crippen LogP contribution is 2.22. The number of piperazine rings is 1. The first kappa shape index (κ1) is 22.8. The van der Waals surface area contributed by atoms with Crippen LogP contribution in [0.5, 0.6) is 5.75 Å². The molecule has 2 aliphatic rings. The Morgan fingerprint density at radius 2 is 1.71 bits per heavy atom. The summed E-state index contributed by atoms with van der Waals surface area (Å²) < 4.78 is 32.2. The van der Waals surface area contributed by atoms with Crippen LogP contribution in [0.15, 0.2) is 47.4 Å². The molecule has 1 N–H and O–H groups in total. The van der Waals surface area contributed by atoms with Crippen molar-refractivity contribution in [1.82, 2.24) is 24.1 Å².